The van der Waals surface area contributed by atoms with Gasteiger partial charge in [0.2, 0.25) is 17.7 Å². The second kappa shape index (κ2) is 20.9. The average Bonchev–Trinajstić information content (AvgIpc) is 3.61. The highest BCUT2D eigenvalue weighted by Crippen LogP contribution is 2.30. The van der Waals surface area contributed by atoms with E-state index in [1.54, 1.807) is 35.5 Å². The Bertz CT molecular complexity index is 2080. The van der Waals surface area contributed by atoms with Crippen LogP contribution in [0.3, 0.4) is 0 Å². The molecule has 4 aliphatic heterocycles. The summed E-state index contributed by atoms with van der Waals surface area (Å²) in [5.74, 6) is 6.35. The molecule has 3 fully saturated rings. The lowest BCUT2D eigenvalue weighted by molar-refractivity contribution is -0.137. The van der Waals surface area contributed by atoms with E-state index in [0.29, 0.717) is 31.0 Å². The van der Waals surface area contributed by atoms with Crippen LogP contribution in [0.15, 0.2) is 67.0 Å². The fourth-order valence-corrected chi connectivity index (χ4v) is 8.64. The predicted octanol–water partition coefficient (Wildman–Crippen LogP) is 4.82. The van der Waals surface area contributed by atoms with E-state index in [9.17, 15) is 24.0 Å². The topological polar surface area (TPSA) is 148 Å². The van der Waals surface area contributed by atoms with E-state index in [1.165, 1.54) is 11.8 Å². The molecule has 3 saturated heterocycles. The van der Waals surface area contributed by atoms with Crippen LogP contribution in [-0.4, -0.2) is 113 Å². The number of fused-ring (bicyclic) bond motifs is 1. The maximum Gasteiger partial charge on any atom is 0.255 e. The van der Waals surface area contributed by atoms with Gasteiger partial charge in [-0.25, -0.2) is 0 Å². The predicted molar refractivity (Wildman–Crippen MR) is 229 cm³/mol. The van der Waals surface area contributed by atoms with Crippen molar-refractivity contribution in [2.75, 3.05) is 57.3 Å². The Morgan fingerprint density at radius 1 is 0.867 bits per heavy atom. The van der Waals surface area contributed by atoms with Gasteiger partial charge in [0, 0.05) is 93.7 Å². The number of piperazine rings is 1. The zero-order valence-electron chi connectivity index (χ0n) is 34.4. The number of amides is 5. The fourth-order valence-electron chi connectivity index (χ4n) is 8.64. The van der Waals surface area contributed by atoms with Gasteiger partial charge in [-0.2, -0.15) is 10.2 Å². The number of likely N-dealkylation sites (tertiary alicyclic amines) is 1. The molecule has 1 aromatic heterocycles. The lowest BCUT2D eigenvalue weighted by atomic mass is 9.91. The van der Waals surface area contributed by atoms with Crippen molar-refractivity contribution in [3.05, 3.63) is 94.8 Å². The summed E-state index contributed by atoms with van der Waals surface area (Å²) >= 11 is 0. The molecule has 4 aliphatic rings. The first-order valence-corrected chi connectivity index (χ1v) is 21.7. The van der Waals surface area contributed by atoms with Gasteiger partial charge < -0.3 is 20.0 Å². The number of hydrogen-bond acceptors (Lipinski definition) is 9. The molecule has 2 N–H and O–H groups in total. The molecular weight excluding hydrogens is 757 g/mol. The molecule has 314 valence electrons. The van der Waals surface area contributed by atoms with E-state index in [4.69, 9.17) is 0 Å². The second-order valence-electron chi connectivity index (χ2n) is 16.3. The van der Waals surface area contributed by atoms with Crippen LogP contribution < -0.4 is 15.5 Å². The van der Waals surface area contributed by atoms with Gasteiger partial charge in [-0.15, -0.1) is 0 Å². The molecule has 0 bridgehead atoms. The molecule has 0 radical (unpaired) electrons. The first-order chi connectivity index (χ1) is 29.3. The summed E-state index contributed by atoms with van der Waals surface area (Å²) in [5.41, 5.74) is 5.05. The van der Waals surface area contributed by atoms with E-state index in [2.05, 4.69) is 54.6 Å². The number of hydrogen-bond donors (Lipinski definition) is 2. The molecule has 7 rings (SSSR count). The summed E-state index contributed by atoms with van der Waals surface area (Å²) in [6.45, 7) is 7.60. The molecule has 0 spiro atoms. The van der Waals surface area contributed by atoms with Crippen LogP contribution in [0.4, 0.5) is 5.69 Å². The molecule has 0 aliphatic carbocycles. The van der Waals surface area contributed by atoms with Crippen LogP contribution >= 0.6 is 0 Å². The Morgan fingerprint density at radius 3 is 2.45 bits per heavy atom. The van der Waals surface area contributed by atoms with E-state index in [1.807, 2.05) is 29.2 Å². The van der Waals surface area contributed by atoms with E-state index < -0.39 is 11.9 Å². The molecular formula is C47H56N8O5. The van der Waals surface area contributed by atoms with Crippen LogP contribution in [0.25, 0.3) is 6.08 Å². The summed E-state index contributed by atoms with van der Waals surface area (Å²) in [7, 11) is 0. The van der Waals surface area contributed by atoms with Gasteiger partial charge in [0.25, 0.3) is 11.8 Å². The van der Waals surface area contributed by atoms with Crippen molar-refractivity contribution in [1.82, 2.24) is 35.5 Å². The zero-order valence-corrected chi connectivity index (χ0v) is 34.4. The Balaban J connectivity index is 0.740. The van der Waals surface area contributed by atoms with Gasteiger partial charge in [-0.05, 0) is 111 Å². The molecule has 5 amide bonds. The largest absolute Gasteiger partial charge is 0.369 e. The van der Waals surface area contributed by atoms with Crippen molar-refractivity contribution in [2.24, 2.45) is 5.92 Å². The standard InChI is InChI=1S/C47H56N8O5/c56-43(19-13-36-21-25-49-50-33-36)48-24-6-5-9-35-22-27-54(28-23-35)46(59)38-14-16-39(17-15-38)53-31-29-52(30-32-53)26-7-3-1-2-4-10-37-11-8-12-40-41(37)34-55(47(40)60)42-18-20-44(57)51-45(42)58/h8,11-17,19,21,25,33,35,42H,1-3,5-7,9,18,20,22-24,26-32,34H2,(H,48,56)(H,51,57,58)/b19-13+. The van der Waals surface area contributed by atoms with Crippen molar-refractivity contribution in [3.8, 4) is 11.8 Å². The van der Waals surface area contributed by atoms with Gasteiger partial charge >= 0.3 is 0 Å². The van der Waals surface area contributed by atoms with Crippen molar-refractivity contribution >= 4 is 41.3 Å². The van der Waals surface area contributed by atoms with Crippen molar-refractivity contribution < 1.29 is 24.0 Å². The second-order valence-corrected chi connectivity index (χ2v) is 16.3. The molecule has 60 heavy (non-hydrogen) atoms. The number of aromatic nitrogens is 2. The number of piperidine rings is 2. The molecule has 13 heteroatoms. The minimum atomic E-state index is -0.625. The van der Waals surface area contributed by atoms with Gasteiger partial charge in [0.05, 0.1) is 12.4 Å². The number of imide groups is 1. The monoisotopic (exact) mass is 812 g/mol. The lowest BCUT2D eigenvalue weighted by Crippen LogP contribution is -2.52. The highest BCUT2D eigenvalue weighted by Gasteiger charge is 2.39. The van der Waals surface area contributed by atoms with Gasteiger partial charge in [0.15, 0.2) is 0 Å². The molecule has 1 unspecified atom stereocenters. The molecule has 13 nitrogen and oxygen atoms in total. The molecule has 3 aromatic rings. The number of anilines is 1. The minimum absolute atomic E-state index is 0.104. The van der Waals surface area contributed by atoms with Crippen molar-refractivity contribution in [2.45, 2.75) is 83.2 Å². The maximum atomic E-state index is 13.3. The third-order valence-corrected chi connectivity index (χ3v) is 12.2. The highest BCUT2D eigenvalue weighted by atomic mass is 16.2. The van der Waals surface area contributed by atoms with Gasteiger partial charge in [-0.3, -0.25) is 34.2 Å². The number of unbranched alkanes of at least 4 members (excludes halogenated alkanes) is 4. The number of nitrogens with zero attached hydrogens (tertiary/aromatic N) is 6. The normalized spacial score (nSPS) is 18.6. The maximum absolute atomic E-state index is 13.3. The van der Waals surface area contributed by atoms with Gasteiger partial charge in [0.1, 0.15) is 6.04 Å². The van der Waals surface area contributed by atoms with Crippen molar-refractivity contribution in [1.29, 1.82) is 0 Å². The lowest BCUT2D eigenvalue weighted by Gasteiger charge is -2.36. The number of carbonyl (C=O) groups is 5. The van der Waals surface area contributed by atoms with Crippen LogP contribution in [0.1, 0.15) is 108 Å². The van der Waals surface area contributed by atoms with Crippen LogP contribution in [-0.2, 0) is 20.9 Å². The highest BCUT2D eigenvalue weighted by molar-refractivity contribution is 6.05. The summed E-state index contributed by atoms with van der Waals surface area (Å²) in [5, 5.41) is 12.8. The third-order valence-electron chi connectivity index (χ3n) is 12.2. The smallest absolute Gasteiger partial charge is 0.255 e. The first kappa shape index (κ1) is 42.3. The van der Waals surface area contributed by atoms with E-state index >= 15 is 0 Å². The first-order valence-electron chi connectivity index (χ1n) is 21.7. The SMILES string of the molecule is O=C(/C=C/c1ccnnc1)NCCCCC1CCN(C(=O)c2ccc(N3CCN(CCCCCC#Cc4cccc5c4CN(C4CCC(=O)NC4=O)C5=O)CC3)cc2)CC1. The number of benzene rings is 2. The Kier molecular flexibility index (Phi) is 14.7. The Labute approximate surface area is 352 Å². The molecule has 0 saturated carbocycles. The van der Waals surface area contributed by atoms with Crippen LogP contribution in [0.2, 0.25) is 0 Å². The fraction of sp³-hybridized carbons (Fsp3) is 0.468. The summed E-state index contributed by atoms with van der Waals surface area (Å²) < 4.78 is 0. The van der Waals surface area contributed by atoms with Crippen LogP contribution in [0, 0.1) is 17.8 Å². The van der Waals surface area contributed by atoms with Crippen LogP contribution in [0.5, 0.6) is 0 Å². The quantitative estimate of drug-likeness (QED) is 0.0954. The zero-order chi connectivity index (χ0) is 41.7. The van der Waals surface area contributed by atoms with E-state index in [-0.39, 0.29) is 30.0 Å². The summed E-state index contributed by atoms with van der Waals surface area (Å²) in [6, 6.07) is 14.9. The minimum Gasteiger partial charge on any atom is -0.369 e. The molecule has 5 heterocycles. The molecule has 1 atom stereocenters. The van der Waals surface area contributed by atoms with Crippen molar-refractivity contribution in [3.63, 3.8) is 0 Å². The van der Waals surface area contributed by atoms with E-state index in [0.717, 1.165) is 126 Å². The van der Waals surface area contributed by atoms with Gasteiger partial charge in [-0.1, -0.05) is 37.2 Å². The number of rotatable bonds is 15. The Hall–Kier alpha value is -5.87. The number of nitrogens with one attached hydrogen (secondary N) is 2. The third kappa shape index (κ3) is 11.2. The number of carbonyl (C=O) groups excluding carboxylic acids is 5. The summed E-state index contributed by atoms with van der Waals surface area (Å²) in [6.07, 6.45) is 16.2. The average molecular weight is 813 g/mol. The molecule has 2 aromatic carbocycles. The Morgan fingerprint density at radius 2 is 1.68 bits per heavy atom. The summed E-state index contributed by atoms with van der Waals surface area (Å²) in [4.78, 5) is 71.0.